The van der Waals surface area contributed by atoms with Gasteiger partial charge >= 0.3 is 5.97 Å². The molecule has 2 aromatic carbocycles. The molecule has 1 amide bonds. The molecule has 0 saturated carbocycles. The lowest BCUT2D eigenvalue weighted by molar-refractivity contribution is -0.124. The van der Waals surface area contributed by atoms with Crippen molar-refractivity contribution in [3.05, 3.63) is 88.1 Å². The Morgan fingerprint density at radius 1 is 0.929 bits per heavy atom. The zero-order valence-corrected chi connectivity index (χ0v) is 16.1. The summed E-state index contributed by atoms with van der Waals surface area (Å²) in [4.78, 5) is 25.0. The number of nitrogens with one attached hydrogen (secondary N) is 1. The van der Waals surface area contributed by atoms with Crippen molar-refractivity contribution >= 4 is 23.2 Å². The van der Waals surface area contributed by atoms with Gasteiger partial charge in [-0.05, 0) is 47.7 Å². The molecular formula is C22H21NO4S. The zero-order valence-electron chi connectivity index (χ0n) is 15.3. The Kier molecular flexibility index (Phi) is 7.21. The van der Waals surface area contributed by atoms with Crippen molar-refractivity contribution in [3.63, 3.8) is 0 Å². The van der Waals surface area contributed by atoms with E-state index in [0.29, 0.717) is 24.5 Å². The smallest absolute Gasteiger partial charge is 0.338 e. The second-order valence-corrected chi connectivity index (χ2v) is 7.09. The quantitative estimate of drug-likeness (QED) is 0.559. The number of hydrogen-bond donors (Lipinski definition) is 1. The van der Waals surface area contributed by atoms with E-state index in [2.05, 4.69) is 5.32 Å². The highest BCUT2D eigenvalue weighted by Gasteiger charge is 2.10. The molecule has 0 aliphatic rings. The molecule has 6 heteroatoms. The number of benzene rings is 2. The van der Waals surface area contributed by atoms with Crippen molar-refractivity contribution in [1.82, 2.24) is 5.32 Å². The molecule has 0 aliphatic carbocycles. The third-order valence-corrected chi connectivity index (χ3v) is 4.88. The van der Waals surface area contributed by atoms with Gasteiger partial charge in [0.1, 0.15) is 12.4 Å². The normalized spacial score (nSPS) is 10.3. The molecule has 0 radical (unpaired) electrons. The number of carbonyl (C=O) groups is 2. The largest absolute Gasteiger partial charge is 0.489 e. The maximum atomic E-state index is 12.1. The molecule has 0 atom stereocenters. The Balaban J connectivity index is 1.38. The fourth-order valence-electron chi connectivity index (χ4n) is 2.47. The molecule has 144 valence electrons. The molecule has 1 aromatic heterocycles. The van der Waals surface area contributed by atoms with Crippen LogP contribution in [0.5, 0.6) is 5.75 Å². The van der Waals surface area contributed by atoms with E-state index in [0.717, 1.165) is 12.0 Å². The monoisotopic (exact) mass is 395 g/mol. The molecule has 0 fully saturated rings. The summed E-state index contributed by atoms with van der Waals surface area (Å²) < 4.78 is 10.7. The summed E-state index contributed by atoms with van der Waals surface area (Å²) in [7, 11) is 0. The van der Waals surface area contributed by atoms with E-state index >= 15 is 0 Å². The number of hydrogen-bond acceptors (Lipinski definition) is 5. The van der Waals surface area contributed by atoms with Gasteiger partial charge in [-0.1, -0.05) is 36.4 Å². The van der Waals surface area contributed by atoms with Crippen LogP contribution in [0.25, 0.3) is 0 Å². The van der Waals surface area contributed by atoms with Gasteiger partial charge in [-0.2, -0.15) is 0 Å². The van der Waals surface area contributed by atoms with E-state index in [1.807, 2.05) is 47.8 Å². The summed E-state index contributed by atoms with van der Waals surface area (Å²) in [6.45, 7) is 0.677. The van der Waals surface area contributed by atoms with E-state index in [4.69, 9.17) is 9.47 Å². The van der Waals surface area contributed by atoms with Crippen LogP contribution in [0.1, 0.15) is 20.8 Å². The molecule has 3 rings (SSSR count). The fourth-order valence-corrected chi connectivity index (χ4v) is 3.18. The molecule has 3 aromatic rings. The summed E-state index contributed by atoms with van der Waals surface area (Å²) in [5, 5.41) is 4.74. The van der Waals surface area contributed by atoms with Crippen molar-refractivity contribution in [2.24, 2.45) is 0 Å². The highest BCUT2D eigenvalue weighted by Crippen LogP contribution is 2.15. The standard InChI is InChI=1S/C22H21NO4S/c24-21(23-13-12-20-7-4-14-28-20)16-27-22(25)18-8-10-19(11-9-18)26-15-17-5-2-1-3-6-17/h1-11,14H,12-13,15-16H2,(H,23,24). The predicted octanol–water partition coefficient (Wildman–Crippen LogP) is 3.84. The van der Waals surface area contributed by atoms with Crippen LogP contribution in [0, 0.1) is 0 Å². The molecule has 0 aliphatic heterocycles. The van der Waals surface area contributed by atoms with Crippen molar-refractivity contribution in [3.8, 4) is 5.75 Å². The molecule has 0 bridgehead atoms. The average Bonchev–Trinajstić information content (AvgIpc) is 3.25. The lowest BCUT2D eigenvalue weighted by Crippen LogP contribution is -2.30. The molecule has 0 spiro atoms. The van der Waals surface area contributed by atoms with Crippen LogP contribution in [0.3, 0.4) is 0 Å². The van der Waals surface area contributed by atoms with Crippen molar-refractivity contribution < 1.29 is 19.1 Å². The van der Waals surface area contributed by atoms with Crippen LogP contribution in [-0.4, -0.2) is 25.0 Å². The second kappa shape index (κ2) is 10.3. The first kappa shape index (κ1) is 19.6. The number of thiophene rings is 1. The van der Waals surface area contributed by atoms with E-state index in [9.17, 15) is 9.59 Å². The number of ether oxygens (including phenoxy) is 2. The number of amides is 1. The van der Waals surface area contributed by atoms with Crippen LogP contribution < -0.4 is 10.1 Å². The van der Waals surface area contributed by atoms with Gasteiger partial charge < -0.3 is 14.8 Å². The van der Waals surface area contributed by atoms with E-state index in [-0.39, 0.29) is 12.5 Å². The van der Waals surface area contributed by atoms with Gasteiger partial charge in [-0.25, -0.2) is 4.79 Å². The first-order valence-corrected chi connectivity index (χ1v) is 9.81. The van der Waals surface area contributed by atoms with E-state index < -0.39 is 5.97 Å². The molecule has 0 unspecified atom stereocenters. The summed E-state index contributed by atoms with van der Waals surface area (Å²) in [6, 6.07) is 20.5. The Morgan fingerprint density at radius 3 is 2.43 bits per heavy atom. The predicted molar refractivity (Wildman–Crippen MR) is 109 cm³/mol. The summed E-state index contributed by atoms with van der Waals surface area (Å²) in [6.07, 6.45) is 0.766. The van der Waals surface area contributed by atoms with Crippen molar-refractivity contribution in [2.75, 3.05) is 13.2 Å². The third-order valence-electron chi connectivity index (χ3n) is 3.95. The minimum atomic E-state index is -0.539. The minimum Gasteiger partial charge on any atom is -0.489 e. The SMILES string of the molecule is O=C(COC(=O)c1ccc(OCc2ccccc2)cc1)NCCc1cccs1. The Labute approximate surface area is 167 Å². The topological polar surface area (TPSA) is 64.6 Å². The first-order chi connectivity index (χ1) is 13.7. The number of carbonyl (C=O) groups excluding carboxylic acids is 2. The maximum Gasteiger partial charge on any atom is 0.338 e. The van der Waals surface area contributed by atoms with Gasteiger partial charge in [0.05, 0.1) is 5.56 Å². The highest BCUT2D eigenvalue weighted by molar-refractivity contribution is 7.09. The number of rotatable bonds is 9. The molecule has 28 heavy (non-hydrogen) atoms. The molecule has 0 saturated heterocycles. The van der Waals surface area contributed by atoms with Crippen LogP contribution in [0.15, 0.2) is 72.1 Å². The van der Waals surface area contributed by atoms with Gasteiger partial charge in [0.2, 0.25) is 0 Å². The van der Waals surface area contributed by atoms with Crippen LogP contribution in [0.4, 0.5) is 0 Å². The van der Waals surface area contributed by atoms with Crippen molar-refractivity contribution in [1.29, 1.82) is 0 Å². The van der Waals surface area contributed by atoms with E-state index in [1.54, 1.807) is 35.6 Å². The van der Waals surface area contributed by atoms with Crippen LogP contribution in [-0.2, 0) is 22.6 Å². The van der Waals surface area contributed by atoms with Gasteiger partial charge in [0.25, 0.3) is 5.91 Å². The molecular weight excluding hydrogens is 374 g/mol. The number of esters is 1. The van der Waals surface area contributed by atoms with Crippen molar-refractivity contribution in [2.45, 2.75) is 13.0 Å². The van der Waals surface area contributed by atoms with Gasteiger partial charge in [-0.15, -0.1) is 11.3 Å². The molecule has 1 heterocycles. The minimum absolute atomic E-state index is 0.296. The van der Waals surface area contributed by atoms with Crippen LogP contribution >= 0.6 is 11.3 Å². The first-order valence-electron chi connectivity index (χ1n) is 8.94. The fraction of sp³-hybridized carbons (Fsp3) is 0.182. The Bertz CT molecular complexity index is 877. The summed E-state index contributed by atoms with van der Waals surface area (Å²) in [5.74, 6) is -0.192. The Morgan fingerprint density at radius 2 is 1.71 bits per heavy atom. The maximum absolute atomic E-state index is 12.1. The molecule has 1 N–H and O–H groups in total. The highest BCUT2D eigenvalue weighted by atomic mass is 32.1. The third kappa shape index (κ3) is 6.25. The van der Waals surface area contributed by atoms with E-state index in [1.165, 1.54) is 4.88 Å². The average molecular weight is 395 g/mol. The van der Waals surface area contributed by atoms with Gasteiger partial charge in [-0.3, -0.25) is 4.79 Å². The summed E-state index contributed by atoms with van der Waals surface area (Å²) in [5.41, 5.74) is 1.44. The molecule has 5 nitrogen and oxygen atoms in total. The van der Waals surface area contributed by atoms with Crippen LogP contribution in [0.2, 0.25) is 0 Å². The lowest BCUT2D eigenvalue weighted by Gasteiger charge is -2.08. The summed E-state index contributed by atoms with van der Waals surface area (Å²) >= 11 is 1.65. The Hall–Kier alpha value is -3.12. The lowest BCUT2D eigenvalue weighted by atomic mass is 10.2. The van der Waals surface area contributed by atoms with Gasteiger partial charge in [0.15, 0.2) is 6.61 Å². The second-order valence-electron chi connectivity index (χ2n) is 6.05. The van der Waals surface area contributed by atoms with Gasteiger partial charge in [0, 0.05) is 11.4 Å². The zero-order chi connectivity index (χ0) is 19.6.